The normalized spacial score (nSPS) is 9.94. The van der Waals surface area contributed by atoms with Gasteiger partial charge in [-0.1, -0.05) is 24.3 Å². The molecule has 1 heterocycles. The molecule has 0 radical (unpaired) electrons. The van der Waals surface area contributed by atoms with Crippen LogP contribution < -0.4 is 5.32 Å². The van der Waals surface area contributed by atoms with Crippen LogP contribution in [0.5, 0.6) is 0 Å². The lowest BCUT2D eigenvalue weighted by Gasteiger charge is -2.07. The summed E-state index contributed by atoms with van der Waals surface area (Å²) in [6, 6.07) is 11.7. The highest BCUT2D eigenvalue weighted by atomic mass is 35.5. The molecule has 0 saturated carbocycles. The molecule has 1 aromatic carbocycles. The van der Waals surface area contributed by atoms with Crippen molar-refractivity contribution < 1.29 is 9.52 Å². The van der Waals surface area contributed by atoms with Crippen LogP contribution in [0.1, 0.15) is 16.9 Å². The Bertz CT molecular complexity index is 429. The second kappa shape index (κ2) is 7.12. The van der Waals surface area contributed by atoms with Crippen molar-refractivity contribution in [3.05, 3.63) is 59.5 Å². The summed E-state index contributed by atoms with van der Waals surface area (Å²) >= 11 is 0. The maximum atomic E-state index is 9.16. The largest absolute Gasteiger partial charge is 0.468 e. The van der Waals surface area contributed by atoms with Crippen molar-refractivity contribution in [2.45, 2.75) is 19.7 Å². The maximum absolute atomic E-state index is 9.16. The number of halogens is 1. The third-order valence-electron chi connectivity index (χ3n) is 2.48. The molecule has 4 heteroatoms. The number of furan rings is 1. The Balaban J connectivity index is 0.00000144. The molecule has 0 spiro atoms. The van der Waals surface area contributed by atoms with Crippen molar-refractivity contribution in [2.75, 3.05) is 0 Å². The zero-order valence-corrected chi connectivity index (χ0v) is 10.2. The number of rotatable bonds is 5. The van der Waals surface area contributed by atoms with Gasteiger partial charge in [-0.15, -0.1) is 12.4 Å². The summed E-state index contributed by atoms with van der Waals surface area (Å²) in [6.07, 6.45) is 1.67. The molecule has 0 bridgehead atoms. The molecule has 3 nitrogen and oxygen atoms in total. The summed E-state index contributed by atoms with van der Waals surface area (Å²) in [6.45, 7) is 1.52. The van der Waals surface area contributed by atoms with Crippen LogP contribution in [-0.4, -0.2) is 5.11 Å². The van der Waals surface area contributed by atoms with Crippen molar-refractivity contribution in [1.82, 2.24) is 5.32 Å². The number of hydrogen-bond donors (Lipinski definition) is 2. The van der Waals surface area contributed by atoms with E-state index in [4.69, 9.17) is 9.52 Å². The highest BCUT2D eigenvalue weighted by Gasteiger charge is 2.00. The summed E-state index contributed by atoms with van der Waals surface area (Å²) in [7, 11) is 0. The summed E-state index contributed by atoms with van der Waals surface area (Å²) in [5.41, 5.74) is 2.09. The maximum Gasteiger partial charge on any atom is 0.117 e. The van der Waals surface area contributed by atoms with Gasteiger partial charge in [-0.3, -0.25) is 0 Å². The summed E-state index contributed by atoms with van der Waals surface area (Å²) in [5, 5.41) is 12.4. The second-order valence-corrected chi connectivity index (χ2v) is 3.61. The second-order valence-electron chi connectivity index (χ2n) is 3.61. The first-order valence-corrected chi connectivity index (χ1v) is 5.31. The van der Waals surface area contributed by atoms with Crippen LogP contribution >= 0.6 is 12.4 Å². The molecule has 0 aliphatic heterocycles. The molecule has 0 amide bonds. The molecule has 0 fully saturated rings. The first-order valence-electron chi connectivity index (χ1n) is 5.31. The first-order chi connectivity index (χ1) is 7.90. The zero-order chi connectivity index (χ0) is 11.2. The number of benzene rings is 1. The van der Waals surface area contributed by atoms with Crippen LogP contribution in [0.4, 0.5) is 0 Å². The van der Waals surface area contributed by atoms with Gasteiger partial charge in [0.1, 0.15) is 5.76 Å². The Hall–Kier alpha value is -1.29. The van der Waals surface area contributed by atoms with Crippen molar-refractivity contribution in [1.29, 1.82) is 0 Å². The fourth-order valence-corrected chi connectivity index (χ4v) is 1.62. The molecule has 17 heavy (non-hydrogen) atoms. The Morgan fingerprint density at radius 2 is 1.76 bits per heavy atom. The number of aliphatic hydroxyl groups is 1. The molecule has 0 aliphatic carbocycles. The van der Waals surface area contributed by atoms with Crippen molar-refractivity contribution >= 4 is 12.4 Å². The van der Waals surface area contributed by atoms with Gasteiger partial charge in [-0.25, -0.2) is 0 Å². The molecule has 0 saturated heterocycles. The van der Waals surface area contributed by atoms with Crippen molar-refractivity contribution in [3.63, 3.8) is 0 Å². The molecule has 0 atom stereocenters. The van der Waals surface area contributed by atoms with Gasteiger partial charge in [0.25, 0.3) is 0 Å². The molecular formula is C13H16ClNO2. The van der Waals surface area contributed by atoms with Gasteiger partial charge in [0.05, 0.1) is 19.4 Å². The van der Waals surface area contributed by atoms with E-state index in [2.05, 4.69) is 5.32 Å². The first kappa shape index (κ1) is 13.8. The molecule has 92 valence electrons. The molecule has 2 N–H and O–H groups in total. The molecule has 0 aliphatic rings. The minimum absolute atomic E-state index is 0. The third-order valence-corrected chi connectivity index (χ3v) is 2.48. The fraction of sp³-hybridized carbons (Fsp3) is 0.231. The van der Waals surface area contributed by atoms with Gasteiger partial charge in [0, 0.05) is 6.54 Å². The molecule has 1 aromatic heterocycles. The van der Waals surface area contributed by atoms with E-state index in [1.54, 1.807) is 6.26 Å². The smallest absolute Gasteiger partial charge is 0.117 e. The number of aliphatic hydroxyl groups excluding tert-OH is 1. The lowest BCUT2D eigenvalue weighted by Crippen LogP contribution is -2.13. The third kappa shape index (κ3) is 3.89. The molecule has 0 unspecified atom stereocenters. The van der Waals surface area contributed by atoms with Gasteiger partial charge in [-0.05, 0) is 23.3 Å². The van der Waals surface area contributed by atoms with E-state index < -0.39 is 0 Å². The predicted octanol–water partition coefficient (Wildman–Crippen LogP) is 2.48. The van der Waals surface area contributed by atoms with E-state index >= 15 is 0 Å². The van der Waals surface area contributed by atoms with E-state index in [1.165, 1.54) is 0 Å². The minimum atomic E-state index is 0. The summed E-state index contributed by atoms with van der Waals surface area (Å²) < 4.78 is 5.22. The van der Waals surface area contributed by atoms with E-state index in [0.29, 0.717) is 6.54 Å². The summed E-state index contributed by atoms with van der Waals surface area (Å²) in [5.74, 6) is 0.918. The van der Waals surface area contributed by atoms with Gasteiger partial charge < -0.3 is 14.8 Å². The lowest BCUT2D eigenvalue weighted by molar-refractivity contribution is 0.280. The van der Waals surface area contributed by atoms with Crippen molar-refractivity contribution in [3.8, 4) is 0 Å². The van der Waals surface area contributed by atoms with E-state index in [1.807, 2.05) is 36.4 Å². The average Bonchev–Trinajstić information content (AvgIpc) is 2.83. The highest BCUT2D eigenvalue weighted by molar-refractivity contribution is 5.85. The highest BCUT2D eigenvalue weighted by Crippen LogP contribution is 2.08. The molecular weight excluding hydrogens is 238 g/mol. The SMILES string of the molecule is Cl.OCc1ccccc1CNCc1ccco1. The van der Waals surface area contributed by atoms with E-state index in [9.17, 15) is 0 Å². The van der Waals surface area contributed by atoms with Crippen LogP contribution in [0.25, 0.3) is 0 Å². The van der Waals surface area contributed by atoms with E-state index in [0.717, 1.165) is 23.4 Å². The standard InChI is InChI=1S/C13H15NO2.ClH/c15-10-12-5-2-1-4-11(12)8-14-9-13-6-3-7-16-13;/h1-7,14-15H,8-10H2;1H. The van der Waals surface area contributed by atoms with Crippen LogP contribution in [0.2, 0.25) is 0 Å². The van der Waals surface area contributed by atoms with Gasteiger partial charge in [0.2, 0.25) is 0 Å². The van der Waals surface area contributed by atoms with Crippen LogP contribution in [0, 0.1) is 0 Å². The monoisotopic (exact) mass is 253 g/mol. The topological polar surface area (TPSA) is 45.4 Å². The van der Waals surface area contributed by atoms with Crippen molar-refractivity contribution in [2.24, 2.45) is 0 Å². The Kier molecular flexibility index (Phi) is 5.77. The predicted molar refractivity (Wildman–Crippen MR) is 68.9 cm³/mol. The minimum Gasteiger partial charge on any atom is -0.468 e. The van der Waals surface area contributed by atoms with Gasteiger partial charge >= 0.3 is 0 Å². The summed E-state index contributed by atoms with van der Waals surface area (Å²) in [4.78, 5) is 0. The van der Waals surface area contributed by atoms with Gasteiger partial charge in [0.15, 0.2) is 0 Å². The fourth-order valence-electron chi connectivity index (χ4n) is 1.62. The number of nitrogens with one attached hydrogen (secondary N) is 1. The van der Waals surface area contributed by atoms with Crippen LogP contribution in [0.15, 0.2) is 47.1 Å². The molecule has 2 aromatic rings. The Labute approximate surface area is 107 Å². The lowest BCUT2D eigenvalue weighted by atomic mass is 10.1. The van der Waals surface area contributed by atoms with Gasteiger partial charge in [-0.2, -0.15) is 0 Å². The van der Waals surface area contributed by atoms with Crippen LogP contribution in [-0.2, 0) is 19.7 Å². The average molecular weight is 254 g/mol. The quantitative estimate of drug-likeness (QED) is 0.861. The zero-order valence-electron chi connectivity index (χ0n) is 9.43. The molecule has 2 rings (SSSR count). The van der Waals surface area contributed by atoms with Crippen LogP contribution in [0.3, 0.4) is 0 Å². The van der Waals surface area contributed by atoms with E-state index in [-0.39, 0.29) is 19.0 Å². The Morgan fingerprint density at radius 1 is 1.00 bits per heavy atom. The number of hydrogen-bond acceptors (Lipinski definition) is 3. The Morgan fingerprint density at radius 3 is 2.41 bits per heavy atom.